The SMILES string of the molecule is COc1ccc(C)cc1N1CC2CNCCN2C1=O. The second-order valence-electron chi connectivity index (χ2n) is 5.12. The minimum atomic E-state index is 0.0930. The third-order valence-electron chi connectivity index (χ3n) is 3.85. The summed E-state index contributed by atoms with van der Waals surface area (Å²) in [4.78, 5) is 16.3. The number of fused-ring (bicyclic) bond motifs is 1. The highest BCUT2D eigenvalue weighted by atomic mass is 16.5. The van der Waals surface area contributed by atoms with E-state index in [0.717, 1.165) is 43.2 Å². The number of carbonyl (C=O) groups is 1. The molecule has 3 rings (SSSR count). The van der Waals surface area contributed by atoms with Crippen molar-refractivity contribution >= 4 is 11.7 Å². The number of anilines is 1. The average molecular weight is 261 g/mol. The van der Waals surface area contributed by atoms with Gasteiger partial charge < -0.3 is 15.0 Å². The smallest absolute Gasteiger partial charge is 0.325 e. The van der Waals surface area contributed by atoms with Crippen molar-refractivity contribution in [2.75, 3.05) is 38.2 Å². The van der Waals surface area contributed by atoms with Gasteiger partial charge in [0, 0.05) is 26.2 Å². The maximum absolute atomic E-state index is 12.5. The van der Waals surface area contributed by atoms with Gasteiger partial charge in [0.2, 0.25) is 0 Å². The van der Waals surface area contributed by atoms with Crippen LogP contribution >= 0.6 is 0 Å². The van der Waals surface area contributed by atoms with Crippen molar-refractivity contribution in [2.45, 2.75) is 13.0 Å². The normalized spacial score (nSPS) is 22.6. The number of aryl methyl sites for hydroxylation is 1. The van der Waals surface area contributed by atoms with Crippen LogP contribution in [-0.4, -0.2) is 50.3 Å². The Kier molecular flexibility index (Phi) is 3.06. The highest BCUT2D eigenvalue weighted by Crippen LogP contribution is 2.33. The average Bonchev–Trinajstić information content (AvgIpc) is 2.76. The molecule has 1 atom stereocenters. The lowest BCUT2D eigenvalue weighted by Gasteiger charge is -2.28. The van der Waals surface area contributed by atoms with Crippen LogP contribution in [0.1, 0.15) is 5.56 Å². The lowest BCUT2D eigenvalue weighted by molar-refractivity contribution is 0.193. The van der Waals surface area contributed by atoms with Gasteiger partial charge in [-0.2, -0.15) is 0 Å². The Bertz CT molecular complexity index is 503. The second-order valence-corrected chi connectivity index (χ2v) is 5.12. The summed E-state index contributed by atoms with van der Waals surface area (Å²) in [7, 11) is 1.64. The van der Waals surface area contributed by atoms with Crippen molar-refractivity contribution in [3.63, 3.8) is 0 Å². The molecular formula is C14H19N3O2. The molecule has 0 spiro atoms. The molecule has 1 unspecified atom stereocenters. The largest absolute Gasteiger partial charge is 0.495 e. The molecule has 19 heavy (non-hydrogen) atoms. The number of nitrogens with zero attached hydrogens (tertiary/aromatic N) is 2. The summed E-state index contributed by atoms with van der Waals surface area (Å²) >= 11 is 0. The molecule has 0 saturated carbocycles. The molecule has 0 bridgehead atoms. The van der Waals surface area contributed by atoms with Gasteiger partial charge in [-0.25, -0.2) is 4.79 Å². The highest BCUT2D eigenvalue weighted by molar-refractivity contribution is 5.96. The van der Waals surface area contributed by atoms with Crippen molar-refractivity contribution in [1.29, 1.82) is 0 Å². The third kappa shape index (κ3) is 2.04. The minimum absolute atomic E-state index is 0.0930. The number of benzene rings is 1. The van der Waals surface area contributed by atoms with E-state index in [4.69, 9.17) is 4.74 Å². The Morgan fingerprint density at radius 2 is 2.26 bits per heavy atom. The Morgan fingerprint density at radius 1 is 1.42 bits per heavy atom. The molecule has 0 radical (unpaired) electrons. The van der Waals surface area contributed by atoms with E-state index < -0.39 is 0 Å². The fraction of sp³-hybridized carbons (Fsp3) is 0.500. The molecule has 2 heterocycles. The van der Waals surface area contributed by atoms with Crippen LogP contribution in [0.3, 0.4) is 0 Å². The number of hydrogen-bond acceptors (Lipinski definition) is 3. The molecule has 0 aromatic heterocycles. The zero-order valence-corrected chi connectivity index (χ0v) is 11.3. The van der Waals surface area contributed by atoms with E-state index in [2.05, 4.69) is 5.32 Å². The maximum Gasteiger partial charge on any atom is 0.325 e. The van der Waals surface area contributed by atoms with Crippen molar-refractivity contribution in [3.05, 3.63) is 23.8 Å². The third-order valence-corrected chi connectivity index (χ3v) is 3.85. The van der Waals surface area contributed by atoms with E-state index in [0.29, 0.717) is 0 Å². The molecule has 2 amide bonds. The first kappa shape index (κ1) is 12.3. The van der Waals surface area contributed by atoms with Crippen LogP contribution in [0.4, 0.5) is 10.5 Å². The summed E-state index contributed by atoms with van der Waals surface area (Å²) in [6.45, 7) is 5.29. The molecule has 1 N–H and O–H groups in total. The molecule has 102 valence electrons. The quantitative estimate of drug-likeness (QED) is 0.870. The van der Waals surface area contributed by atoms with Gasteiger partial charge in [0.1, 0.15) is 5.75 Å². The Labute approximate surface area is 113 Å². The van der Waals surface area contributed by atoms with E-state index in [1.54, 1.807) is 7.11 Å². The number of carbonyl (C=O) groups excluding carboxylic acids is 1. The predicted octanol–water partition coefficient (Wildman–Crippen LogP) is 1.22. The first-order chi connectivity index (χ1) is 9.20. The molecule has 2 fully saturated rings. The molecule has 5 heteroatoms. The predicted molar refractivity (Wildman–Crippen MR) is 73.8 cm³/mol. The van der Waals surface area contributed by atoms with Crippen LogP contribution in [0, 0.1) is 6.92 Å². The van der Waals surface area contributed by atoms with Gasteiger partial charge in [0.05, 0.1) is 18.8 Å². The lowest BCUT2D eigenvalue weighted by atomic mass is 10.2. The summed E-state index contributed by atoms with van der Waals surface area (Å²) in [5.41, 5.74) is 2.01. The van der Waals surface area contributed by atoms with Crippen molar-refractivity contribution in [1.82, 2.24) is 10.2 Å². The van der Waals surface area contributed by atoms with Gasteiger partial charge in [-0.3, -0.25) is 4.90 Å². The number of hydrogen-bond donors (Lipinski definition) is 1. The Morgan fingerprint density at radius 3 is 3.00 bits per heavy atom. The van der Waals surface area contributed by atoms with Crippen molar-refractivity contribution in [3.8, 4) is 5.75 Å². The van der Waals surface area contributed by atoms with Crippen LogP contribution in [0.2, 0.25) is 0 Å². The topological polar surface area (TPSA) is 44.8 Å². The van der Waals surface area contributed by atoms with Gasteiger partial charge in [0.25, 0.3) is 0 Å². The van der Waals surface area contributed by atoms with Crippen molar-refractivity contribution < 1.29 is 9.53 Å². The van der Waals surface area contributed by atoms with E-state index in [9.17, 15) is 4.79 Å². The number of piperazine rings is 1. The summed E-state index contributed by atoms with van der Waals surface area (Å²) in [5, 5.41) is 3.34. The van der Waals surface area contributed by atoms with E-state index in [1.807, 2.05) is 34.9 Å². The minimum Gasteiger partial charge on any atom is -0.495 e. The number of rotatable bonds is 2. The molecule has 1 aromatic rings. The monoisotopic (exact) mass is 261 g/mol. The number of methoxy groups -OCH3 is 1. The van der Waals surface area contributed by atoms with Crippen LogP contribution in [0.5, 0.6) is 5.75 Å². The maximum atomic E-state index is 12.5. The van der Waals surface area contributed by atoms with Gasteiger partial charge in [-0.1, -0.05) is 6.07 Å². The van der Waals surface area contributed by atoms with Crippen LogP contribution in [-0.2, 0) is 0 Å². The zero-order chi connectivity index (χ0) is 13.4. The first-order valence-electron chi connectivity index (χ1n) is 6.64. The van der Waals surface area contributed by atoms with Gasteiger partial charge >= 0.3 is 6.03 Å². The molecule has 0 aliphatic carbocycles. The standard InChI is InChI=1S/C14H19N3O2/c1-10-3-4-13(19-2)12(7-10)17-9-11-8-15-5-6-16(11)14(17)18/h3-4,7,11,15H,5-6,8-9H2,1-2H3. The Balaban J connectivity index is 1.94. The fourth-order valence-corrected chi connectivity index (χ4v) is 2.83. The fourth-order valence-electron chi connectivity index (χ4n) is 2.83. The van der Waals surface area contributed by atoms with E-state index in [1.165, 1.54) is 0 Å². The number of amides is 2. The number of ether oxygens (including phenoxy) is 1. The summed E-state index contributed by atoms with van der Waals surface area (Å²) < 4.78 is 5.39. The lowest BCUT2D eigenvalue weighted by Crippen LogP contribution is -2.49. The molecule has 5 nitrogen and oxygen atoms in total. The van der Waals surface area contributed by atoms with E-state index in [-0.39, 0.29) is 12.1 Å². The van der Waals surface area contributed by atoms with Gasteiger partial charge in [0.15, 0.2) is 0 Å². The van der Waals surface area contributed by atoms with E-state index >= 15 is 0 Å². The van der Waals surface area contributed by atoms with Crippen LogP contribution in [0.15, 0.2) is 18.2 Å². The zero-order valence-electron chi connectivity index (χ0n) is 11.3. The molecule has 2 aliphatic rings. The van der Waals surface area contributed by atoms with Crippen LogP contribution in [0.25, 0.3) is 0 Å². The van der Waals surface area contributed by atoms with Gasteiger partial charge in [-0.05, 0) is 24.6 Å². The summed E-state index contributed by atoms with van der Waals surface area (Å²) in [6, 6.07) is 6.30. The molecule has 1 aromatic carbocycles. The molecular weight excluding hydrogens is 242 g/mol. The summed E-state index contributed by atoms with van der Waals surface area (Å²) in [5.74, 6) is 0.756. The van der Waals surface area contributed by atoms with Crippen LogP contribution < -0.4 is 15.0 Å². The molecule has 2 aliphatic heterocycles. The second kappa shape index (κ2) is 4.74. The number of nitrogens with one attached hydrogen (secondary N) is 1. The van der Waals surface area contributed by atoms with Gasteiger partial charge in [-0.15, -0.1) is 0 Å². The first-order valence-corrected chi connectivity index (χ1v) is 6.64. The Hall–Kier alpha value is -1.75. The number of urea groups is 1. The summed E-state index contributed by atoms with van der Waals surface area (Å²) in [6.07, 6.45) is 0. The highest BCUT2D eigenvalue weighted by Gasteiger charge is 2.39. The molecule has 2 saturated heterocycles. The van der Waals surface area contributed by atoms with Crippen molar-refractivity contribution in [2.24, 2.45) is 0 Å².